The van der Waals surface area contributed by atoms with Gasteiger partial charge in [-0.1, -0.05) is 35.3 Å². The Balaban J connectivity index is 1.42. The number of nitrogens with zero attached hydrogens (tertiary/aromatic N) is 1. The number of methoxy groups -OCH3 is 2. The molecule has 0 saturated carbocycles. The molecule has 1 atom stereocenters. The molecule has 1 aromatic heterocycles. The van der Waals surface area contributed by atoms with Gasteiger partial charge in [0.15, 0.2) is 22.7 Å². The van der Waals surface area contributed by atoms with Crippen molar-refractivity contribution in [3.63, 3.8) is 0 Å². The average molecular weight is 572 g/mol. The minimum Gasteiger partial charge on any atom is -0.493 e. The van der Waals surface area contributed by atoms with Gasteiger partial charge in [0.1, 0.15) is 17.2 Å². The first-order valence-electron chi connectivity index (χ1n) is 11.3. The highest BCUT2D eigenvalue weighted by molar-refractivity contribution is 7.80. The summed E-state index contributed by atoms with van der Waals surface area (Å²) < 4.78 is 22.5. The fourth-order valence-corrected chi connectivity index (χ4v) is 4.09. The third kappa shape index (κ3) is 6.36. The maximum atomic E-state index is 12.5. The normalized spacial score (nSPS) is 11.4. The first kappa shape index (κ1) is 27.3. The van der Waals surface area contributed by atoms with Crippen molar-refractivity contribution in [2.75, 3.05) is 19.5 Å². The molecule has 2 N–H and O–H groups in total. The zero-order valence-electron chi connectivity index (χ0n) is 20.6. The molecule has 11 heteroatoms. The fraction of sp³-hybridized carbons (Fsp3) is 0.148. The Morgan fingerprint density at radius 3 is 2.34 bits per heavy atom. The molecule has 1 heterocycles. The lowest BCUT2D eigenvalue weighted by Crippen LogP contribution is -2.42. The van der Waals surface area contributed by atoms with Crippen LogP contribution < -0.4 is 29.6 Å². The Morgan fingerprint density at radius 2 is 1.63 bits per heavy atom. The van der Waals surface area contributed by atoms with Crippen molar-refractivity contribution < 1.29 is 23.7 Å². The number of halogens is 2. The number of rotatable bonds is 8. The molecule has 0 radical (unpaired) electrons. The quantitative estimate of drug-likeness (QED) is 0.228. The molecule has 1 unspecified atom stereocenters. The number of hydrogen-bond acceptors (Lipinski definition) is 7. The van der Waals surface area contributed by atoms with Gasteiger partial charge in [0.25, 0.3) is 5.91 Å². The van der Waals surface area contributed by atoms with Crippen LogP contribution in [-0.2, 0) is 4.79 Å². The van der Waals surface area contributed by atoms with Gasteiger partial charge >= 0.3 is 0 Å². The second kappa shape index (κ2) is 12.2. The molecule has 0 saturated heterocycles. The molecule has 8 nitrogen and oxygen atoms in total. The van der Waals surface area contributed by atoms with Crippen LogP contribution in [0.25, 0.3) is 10.9 Å². The summed E-state index contributed by atoms with van der Waals surface area (Å²) in [5.41, 5.74) is 1.22. The zero-order chi connectivity index (χ0) is 27.2. The maximum Gasteiger partial charge on any atom is 0.266 e. The number of benzene rings is 3. The Hall–Kier alpha value is -3.79. The van der Waals surface area contributed by atoms with E-state index in [2.05, 4.69) is 15.6 Å². The Morgan fingerprint density at radius 1 is 0.895 bits per heavy atom. The van der Waals surface area contributed by atoms with Crippen LogP contribution in [0.4, 0.5) is 5.69 Å². The summed E-state index contributed by atoms with van der Waals surface area (Å²) in [6.07, 6.45) is 0.799. The number of fused-ring (bicyclic) bond motifs is 1. The molecule has 0 aliphatic carbocycles. The van der Waals surface area contributed by atoms with Crippen LogP contribution in [-0.4, -0.2) is 36.3 Å². The molecule has 0 bridgehead atoms. The third-order valence-corrected chi connectivity index (χ3v) is 6.17. The van der Waals surface area contributed by atoms with E-state index in [1.807, 2.05) is 0 Å². The first-order valence-corrected chi connectivity index (χ1v) is 12.5. The van der Waals surface area contributed by atoms with Crippen LogP contribution in [0.5, 0.6) is 28.7 Å². The molecule has 3 aromatic carbocycles. The number of ether oxygens (including phenoxy) is 4. The summed E-state index contributed by atoms with van der Waals surface area (Å²) in [4.78, 5) is 16.9. The van der Waals surface area contributed by atoms with Gasteiger partial charge in [-0.2, -0.15) is 0 Å². The Bertz CT molecular complexity index is 1500. The molecule has 1 amide bonds. The molecule has 38 heavy (non-hydrogen) atoms. The van der Waals surface area contributed by atoms with Crippen molar-refractivity contribution in [1.29, 1.82) is 0 Å². The second-order valence-corrected chi connectivity index (χ2v) is 9.14. The fourth-order valence-electron chi connectivity index (χ4n) is 3.48. The zero-order valence-corrected chi connectivity index (χ0v) is 22.9. The summed E-state index contributed by atoms with van der Waals surface area (Å²) in [7, 11) is 3.12. The molecule has 0 aliphatic rings. The van der Waals surface area contributed by atoms with Crippen molar-refractivity contribution in [1.82, 2.24) is 10.3 Å². The van der Waals surface area contributed by atoms with E-state index in [1.54, 1.807) is 88.0 Å². The van der Waals surface area contributed by atoms with E-state index >= 15 is 0 Å². The summed E-state index contributed by atoms with van der Waals surface area (Å²) in [6.45, 7) is 1.60. The number of anilines is 1. The lowest BCUT2D eigenvalue weighted by molar-refractivity contribution is -0.125. The number of aromatic nitrogens is 1. The van der Waals surface area contributed by atoms with Crippen molar-refractivity contribution in [2.24, 2.45) is 0 Å². The predicted molar refractivity (Wildman–Crippen MR) is 152 cm³/mol. The number of thiocarbonyl (C=S) groups is 1. The minimum atomic E-state index is -0.831. The van der Waals surface area contributed by atoms with E-state index in [0.29, 0.717) is 50.0 Å². The third-order valence-electron chi connectivity index (χ3n) is 5.36. The maximum absolute atomic E-state index is 12.5. The molecule has 4 aromatic rings. The molecule has 0 aliphatic heterocycles. The molecular weight excluding hydrogens is 549 g/mol. The van der Waals surface area contributed by atoms with Gasteiger partial charge in [-0.05, 0) is 61.6 Å². The van der Waals surface area contributed by atoms with Gasteiger partial charge in [0.2, 0.25) is 0 Å². The van der Waals surface area contributed by atoms with E-state index in [-0.39, 0.29) is 5.11 Å². The number of para-hydroxylation sites is 1. The monoisotopic (exact) mass is 571 g/mol. The predicted octanol–water partition coefficient (Wildman–Crippen LogP) is 6.63. The van der Waals surface area contributed by atoms with Crippen LogP contribution in [0, 0.1) is 0 Å². The van der Waals surface area contributed by atoms with Crippen LogP contribution in [0.2, 0.25) is 10.0 Å². The van der Waals surface area contributed by atoms with Gasteiger partial charge in [0.05, 0.1) is 29.8 Å². The Kier molecular flexibility index (Phi) is 8.73. The van der Waals surface area contributed by atoms with E-state index in [1.165, 1.54) is 0 Å². The SMILES string of the molecule is COc1cc2nccc(Oc3ccc(NC(=S)NC(=O)C(C)Oc4ccccc4Cl)cc3Cl)c2cc1OC. The van der Waals surface area contributed by atoms with E-state index in [0.717, 1.165) is 5.39 Å². The van der Waals surface area contributed by atoms with E-state index in [9.17, 15) is 4.79 Å². The van der Waals surface area contributed by atoms with Crippen LogP contribution in [0.15, 0.2) is 66.9 Å². The largest absolute Gasteiger partial charge is 0.493 e. The molecule has 196 valence electrons. The smallest absolute Gasteiger partial charge is 0.266 e. The highest BCUT2D eigenvalue weighted by atomic mass is 35.5. The summed E-state index contributed by atoms with van der Waals surface area (Å²) >= 11 is 17.9. The molecule has 4 rings (SSSR count). The summed E-state index contributed by atoms with van der Waals surface area (Å²) in [5, 5.41) is 7.05. The lowest BCUT2D eigenvalue weighted by Gasteiger charge is -2.17. The van der Waals surface area contributed by atoms with Crippen molar-refractivity contribution >= 4 is 63.0 Å². The number of nitrogens with one attached hydrogen (secondary N) is 2. The van der Waals surface area contributed by atoms with Gasteiger partial charge in [-0.15, -0.1) is 0 Å². The summed E-state index contributed by atoms with van der Waals surface area (Å²) in [6, 6.07) is 17.2. The highest BCUT2D eigenvalue weighted by Gasteiger charge is 2.18. The number of carbonyl (C=O) groups excluding carboxylic acids is 1. The van der Waals surface area contributed by atoms with Gasteiger partial charge in [-0.25, -0.2) is 0 Å². The van der Waals surface area contributed by atoms with E-state index < -0.39 is 12.0 Å². The number of pyridine rings is 1. The van der Waals surface area contributed by atoms with Gasteiger partial charge in [0, 0.05) is 23.3 Å². The standard InChI is InChI=1S/C27H23Cl2N3O5S/c1-15(36-22-7-5-4-6-18(22)28)26(33)32-27(38)31-16-8-9-23(19(29)12-16)37-21-10-11-30-20-14-25(35-3)24(34-2)13-17(20)21/h4-15H,1-3H3,(H2,31,32,33,38). The topological polar surface area (TPSA) is 90.9 Å². The number of hydrogen-bond donors (Lipinski definition) is 2. The summed E-state index contributed by atoms with van der Waals surface area (Å²) in [5.74, 6) is 2.02. The number of carbonyl (C=O) groups is 1. The minimum absolute atomic E-state index is 0.0792. The van der Waals surface area contributed by atoms with Crippen LogP contribution in [0.1, 0.15) is 6.92 Å². The Labute approximate surface area is 234 Å². The first-order chi connectivity index (χ1) is 18.3. The average Bonchev–Trinajstić information content (AvgIpc) is 2.90. The molecule has 0 fully saturated rings. The van der Waals surface area contributed by atoms with Crippen LogP contribution >= 0.6 is 35.4 Å². The van der Waals surface area contributed by atoms with Crippen molar-refractivity contribution in [3.05, 3.63) is 76.9 Å². The molecular formula is C27H23Cl2N3O5S. The van der Waals surface area contributed by atoms with Crippen LogP contribution in [0.3, 0.4) is 0 Å². The highest BCUT2D eigenvalue weighted by Crippen LogP contribution is 2.38. The van der Waals surface area contributed by atoms with E-state index in [4.69, 9.17) is 54.4 Å². The van der Waals surface area contributed by atoms with Gasteiger partial charge < -0.3 is 24.3 Å². The van der Waals surface area contributed by atoms with Crippen molar-refractivity contribution in [3.8, 4) is 28.7 Å². The molecule has 0 spiro atoms. The number of amides is 1. The van der Waals surface area contributed by atoms with Gasteiger partial charge in [-0.3, -0.25) is 15.1 Å². The second-order valence-electron chi connectivity index (χ2n) is 7.91. The van der Waals surface area contributed by atoms with Crippen molar-refractivity contribution in [2.45, 2.75) is 13.0 Å². The lowest BCUT2D eigenvalue weighted by atomic mass is 10.2.